The van der Waals surface area contributed by atoms with Crippen LogP contribution in [0.3, 0.4) is 0 Å². The minimum atomic E-state index is -0.610. The SMILES string of the molecule is COc1cc(C=C2SC(=S)N(C)C2=O)ccc1OC(=O)c1oc2ccccc2c1C. The molecule has 1 aliphatic heterocycles. The number of rotatable bonds is 4. The lowest BCUT2D eigenvalue weighted by Gasteiger charge is -2.09. The number of hydrogen-bond donors (Lipinski definition) is 0. The number of benzene rings is 2. The quantitative estimate of drug-likeness (QED) is 0.250. The molecule has 0 atom stereocenters. The topological polar surface area (TPSA) is 69.0 Å². The van der Waals surface area contributed by atoms with Crippen LogP contribution in [-0.4, -0.2) is 35.3 Å². The molecule has 2 aromatic carbocycles. The van der Waals surface area contributed by atoms with Gasteiger partial charge >= 0.3 is 5.97 Å². The van der Waals surface area contributed by atoms with Gasteiger partial charge in [-0.1, -0.05) is 48.2 Å². The van der Waals surface area contributed by atoms with Crippen molar-refractivity contribution in [3.8, 4) is 11.5 Å². The zero-order valence-electron chi connectivity index (χ0n) is 16.4. The molecule has 0 unspecified atom stereocenters. The van der Waals surface area contributed by atoms with Gasteiger partial charge in [0.15, 0.2) is 11.5 Å². The van der Waals surface area contributed by atoms with Crippen LogP contribution in [-0.2, 0) is 4.79 Å². The smallest absolute Gasteiger partial charge is 0.380 e. The number of carbonyl (C=O) groups is 2. The number of thioether (sulfide) groups is 1. The summed E-state index contributed by atoms with van der Waals surface area (Å²) in [5, 5.41) is 0.861. The number of ether oxygens (including phenoxy) is 2. The number of nitrogens with zero attached hydrogens (tertiary/aromatic N) is 1. The van der Waals surface area contributed by atoms with E-state index >= 15 is 0 Å². The number of hydrogen-bond acceptors (Lipinski definition) is 7. The van der Waals surface area contributed by atoms with Crippen LogP contribution in [0.5, 0.6) is 11.5 Å². The van der Waals surface area contributed by atoms with E-state index in [0.29, 0.717) is 26.1 Å². The van der Waals surface area contributed by atoms with Crippen LogP contribution in [0.1, 0.15) is 21.7 Å². The third kappa shape index (κ3) is 3.59. The van der Waals surface area contributed by atoms with Crippen molar-refractivity contribution < 1.29 is 23.5 Å². The number of carbonyl (C=O) groups excluding carboxylic acids is 2. The standard InChI is InChI=1S/C22H17NO5S2/c1-12-14-6-4-5-7-15(14)27-19(12)21(25)28-16-9-8-13(10-17(16)26-3)11-18-20(24)23(2)22(29)30-18/h4-11H,1-3H3. The van der Waals surface area contributed by atoms with E-state index in [9.17, 15) is 9.59 Å². The lowest BCUT2D eigenvalue weighted by Crippen LogP contribution is -2.22. The van der Waals surface area contributed by atoms with E-state index in [-0.39, 0.29) is 17.4 Å². The summed E-state index contributed by atoms with van der Waals surface area (Å²) in [4.78, 5) is 26.8. The average Bonchev–Trinajstić information content (AvgIpc) is 3.21. The van der Waals surface area contributed by atoms with Gasteiger partial charge in [-0.3, -0.25) is 9.69 Å². The average molecular weight is 440 g/mol. The molecule has 0 N–H and O–H groups in total. The number of aryl methyl sites for hydroxylation is 1. The van der Waals surface area contributed by atoms with Crippen molar-refractivity contribution in [3.05, 3.63) is 64.3 Å². The van der Waals surface area contributed by atoms with E-state index in [4.69, 9.17) is 26.1 Å². The normalized spacial score (nSPS) is 15.3. The zero-order chi connectivity index (χ0) is 21.4. The highest BCUT2D eigenvalue weighted by Gasteiger charge is 2.28. The molecule has 0 saturated carbocycles. The molecule has 0 aliphatic carbocycles. The van der Waals surface area contributed by atoms with Crippen LogP contribution in [0.15, 0.2) is 51.8 Å². The molecule has 1 aliphatic rings. The van der Waals surface area contributed by atoms with Crippen molar-refractivity contribution in [2.24, 2.45) is 0 Å². The van der Waals surface area contributed by atoms with Crippen LogP contribution in [0.25, 0.3) is 17.0 Å². The Labute approximate surface area is 182 Å². The van der Waals surface area contributed by atoms with Crippen molar-refractivity contribution >= 4 is 57.2 Å². The highest BCUT2D eigenvalue weighted by atomic mass is 32.2. The summed E-state index contributed by atoms with van der Waals surface area (Å²) < 4.78 is 17.1. The summed E-state index contributed by atoms with van der Waals surface area (Å²) in [7, 11) is 3.12. The summed E-state index contributed by atoms with van der Waals surface area (Å²) in [5.74, 6) is -0.00391. The molecular formula is C22H17NO5S2. The molecule has 4 rings (SSSR count). The molecule has 1 amide bonds. The molecule has 0 spiro atoms. The maximum atomic E-state index is 12.7. The first-order chi connectivity index (χ1) is 14.4. The number of thiocarbonyl (C=S) groups is 1. The number of esters is 1. The third-order valence-corrected chi connectivity index (χ3v) is 6.19. The molecule has 152 valence electrons. The van der Waals surface area contributed by atoms with Gasteiger partial charge < -0.3 is 13.9 Å². The van der Waals surface area contributed by atoms with Crippen molar-refractivity contribution in [2.75, 3.05) is 14.2 Å². The Bertz CT molecular complexity index is 1230. The third-order valence-electron chi connectivity index (χ3n) is 4.70. The largest absolute Gasteiger partial charge is 0.493 e. The van der Waals surface area contributed by atoms with Crippen LogP contribution < -0.4 is 9.47 Å². The number of furan rings is 1. The second-order valence-corrected chi connectivity index (χ2v) is 8.27. The molecule has 8 heteroatoms. The molecule has 1 saturated heterocycles. The fourth-order valence-electron chi connectivity index (χ4n) is 3.07. The molecule has 6 nitrogen and oxygen atoms in total. The lowest BCUT2D eigenvalue weighted by atomic mass is 10.1. The van der Waals surface area contributed by atoms with Crippen LogP contribution in [0, 0.1) is 6.92 Å². The Morgan fingerprint density at radius 1 is 1.20 bits per heavy atom. The van der Waals surface area contributed by atoms with Gasteiger partial charge in [0.2, 0.25) is 5.76 Å². The Morgan fingerprint density at radius 2 is 1.97 bits per heavy atom. The highest BCUT2D eigenvalue weighted by molar-refractivity contribution is 8.26. The molecule has 2 heterocycles. The van der Waals surface area contributed by atoms with E-state index in [1.165, 1.54) is 23.8 Å². The van der Waals surface area contributed by atoms with Gasteiger partial charge in [0, 0.05) is 18.0 Å². The number of amides is 1. The first-order valence-electron chi connectivity index (χ1n) is 8.99. The first kappa shape index (κ1) is 20.2. The zero-order valence-corrected chi connectivity index (χ0v) is 18.1. The molecule has 0 bridgehead atoms. The Kier molecular flexibility index (Phi) is 5.36. The minimum Gasteiger partial charge on any atom is -0.493 e. The minimum absolute atomic E-state index is 0.147. The Hall–Kier alpha value is -3.10. The fraction of sp³-hybridized carbons (Fsp3) is 0.136. The van der Waals surface area contributed by atoms with Crippen LogP contribution >= 0.6 is 24.0 Å². The van der Waals surface area contributed by atoms with Gasteiger partial charge in [-0.25, -0.2) is 4.79 Å². The number of fused-ring (bicyclic) bond motifs is 1. The number of likely N-dealkylation sites (N-methyl/N-ethyl adjacent to an activating group) is 1. The summed E-state index contributed by atoms with van der Waals surface area (Å²) in [5.41, 5.74) is 2.06. The summed E-state index contributed by atoms with van der Waals surface area (Å²) in [6.07, 6.45) is 1.72. The highest BCUT2D eigenvalue weighted by Crippen LogP contribution is 2.35. The molecule has 0 radical (unpaired) electrons. The van der Waals surface area contributed by atoms with Crippen molar-refractivity contribution in [3.63, 3.8) is 0 Å². The van der Waals surface area contributed by atoms with Crippen LogP contribution in [0.2, 0.25) is 0 Å². The maximum absolute atomic E-state index is 12.7. The Balaban J connectivity index is 1.60. The number of para-hydroxylation sites is 1. The van der Waals surface area contributed by atoms with Gasteiger partial charge in [0.1, 0.15) is 9.90 Å². The van der Waals surface area contributed by atoms with E-state index in [1.54, 1.807) is 37.4 Å². The second kappa shape index (κ2) is 7.97. The molecule has 1 fully saturated rings. The molecular weight excluding hydrogens is 422 g/mol. The van der Waals surface area contributed by atoms with Crippen molar-refractivity contribution in [1.29, 1.82) is 0 Å². The molecule has 1 aromatic heterocycles. The van der Waals surface area contributed by atoms with Crippen LogP contribution in [0.4, 0.5) is 0 Å². The van der Waals surface area contributed by atoms with Gasteiger partial charge in [-0.2, -0.15) is 0 Å². The van der Waals surface area contributed by atoms with E-state index in [1.807, 2.05) is 25.1 Å². The monoisotopic (exact) mass is 439 g/mol. The summed E-state index contributed by atoms with van der Waals surface area (Å²) in [6, 6.07) is 12.5. The molecule has 30 heavy (non-hydrogen) atoms. The second-order valence-electron chi connectivity index (χ2n) is 6.59. The Morgan fingerprint density at radius 3 is 2.63 bits per heavy atom. The van der Waals surface area contributed by atoms with Gasteiger partial charge in [-0.05, 0) is 36.8 Å². The van der Waals surface area contributed by atoms with Gasteiger partial charge in [0.25, 0.3) is 5.91 Å². The van der Waals surface area contributed by atoms with Crippen molar-refractivity contribution in [1.82, 2.24) is 4.90 Å². The summed E-state index contributed by atoms with van der Waals surface area (Å²) >= 11 is 6.38. The lowest BCUT2D eigenvalue weighted by molar-refractivity contribution is -0.121. The predicted molar refractivity (Wildman–Crippen MR) is 120 cm³/mol. The van der Waals surface area contributed by atoms with E-state index in [2.05, 4.69) is 0 Å². The maximum Gasteiger partial charge on any atom is 0.380 e. The first-order valence-corrected chi connectivity index (χ1v) is 10.2. The fourth-order valence-corrected chi connectivity index (χ4v) is 4.25. The van der Waals surface area contributed by atoms with Gasteiger partial charge in [-0.15, -0.1) is 0 Å². The van der Waals surface area contributed by atoms with Crippen molar-refractivity contribution in [2.45, 2.75) is 6.92 Å². The van der Waals surface area contributed by atoms with E-state index in [0.717, 1.165) is 10.9 Å². The summed E-state index contributed by atoms with van der Waals surface area (Å²) in [6.45, 7) is 1.81. The van der Waals surface area contributed by atoms with E-state index < -0.39 is 5.97 Å². The molecule has 3 aromatic rings. The van der Waals surface area contributed by atoms with Gasteiger partial charge in [0.05, 0.1) is 12.0 Å². The number of methoxy groups -OCH3 is 1. The predicted octanol–water partition coefficient (Wildman–Crippen LogP) is 4.80.